The van der Waals surface area contributed by atoms with Crippen molar-refractivity contribution in [1.29, 1.82) is 0 Å². The summed E-state index contributed by atoms with van der Waals surface area (Å²) >= 11 is 0. The van der Waals surface area contributed by atoms with Gasteiger partial charge in [0.15, 0.2) is 5.69 Å². The van der Waals surface area contributed by atoms with Crippen LogP contribution in [-0.2, 0) is 0 Å². The Kier molecular flexibility index (Phi) is 3.90. The first kappa shape index (κ1) is 11.8. The molecule has 0 atom stereocenters. The molecule has 1 aliphatic rings. The summed E-state index contributed by atoms with van der Waals surface area (Å²) in [5.74, 6) is 0.547. The van der Waals surface area contributed by atoms with Gasteiger partial charge in [-0.1, -0.05) is 19.3 Å². The van der Waals surface area contributed by atoms with Gasteiger partial charge in [-0.05, 0) is 25.0 Å². The first-order chi connectivity index (χ1) is 8.29. The summed E-state index contributed by atoms with van der Waals surface area (Å²) in [5, 5.41) is 13.8. The van der Waals surface area contributed by atoms with Crippen LogP contribution < -0.4 is 10.6 Å². The average molecular weight is 234 g/mol. The summed E-state index contributed by atoms with van der Waals surface area (Å²) in [5.41, 5.74) is 0.349. The molecular formula is C12H18N4O. The molecule has 17 heavy (non-hydrogen) atoms. The largest absolute Gasteiger partial charge is 0.366 e. The van der Waals surface area contributed by atoms with Gasteiger partial charge in [0.05, 0.1) is 0 Å². The summed E-state index contributed by atoms with van der Waals surface area (Å²) < 4.78 is 0. The Hall–Kier alpha value is -1.65. The smallest absolute Gasteiger partial charge is 0.271 e. The van der Waals surface area contributed by atoms with Gasteiger partial charge in [-0.25, -0.2) is 0 Å². The van der Waals surface area contributed by atoms with Gasteiger partial charge in [-0.2, -0.15) is 0 Å². The van der Waals surface area contributed by atoms with Gasteiger partial charge in [0, 0.05) is 13.1 Å². The van der Waals surface area contributed by atoms with Crippen LogP contribution in [0.25, 0.3) is 0 Å². The number of nitrogens with zero attached hydrogens (tertiary/aromatic N) is 2. The minimum absolute atomic E-state index is 0.207. The van der Waals surface area contributed by atoms with Gasteiger partial charge in [-0.15, -0.1) is 10.2 Å². The van der Waals surface area contributed by atoms with Crippen LogP contribution in [0.4, 0.5) is 5.82 Å². The van der Waals surface area contributed by atoms with Gasteiger partial charge in [0.25, 0.3) is 5.91 Å². The Morgan fingerprint density at radius 2 is 2.00 bits per heavy atom. The second kappa shape index (κ2) is 5.61. The summed E-state index contributed by atoms with van der Waals surface area (Å²) in [6, 6.07) is 4.01. The molecule has 1 heterocycles. The lowest BCUT2D eigenvalue weighted by Gasteiger charge is -2.22. The predicted octanol–water partition coefficient (Wildman–Crippen LogP) is 1.58. The topological polar surface area (TPSA) is 66.9 Å². The number of amides is 1. The monoisotopic (exact) mass is 234 g/mol. The molecule has 1 amide bonds. The van der Waals surface area contributed by atoms with Crippen molar-refractivity contribution in [2.75, 3.05) is 12.4 Å². The van der Waals surface area contributed by atoms with Gasteiger partial charge in [0.1, 0.15) is 5.82 Å². The molecule has 0 bridgehead atoms. The van der Waals surface area contributed by atoms with Crippen LogP contribution >= 0.6 is 0 Å². The van der Waals surface area contributed by atoms with Gasteiger partial charge >= 0.3 is 0 Å². The molecule has 5 heteroatoms. The van der Waals surface area contributed by atoms with Gasteiger partial charge in [0.2, 0.25) is 0 Å². The molecule has 1 saturated carbocycles. The Labute approximate surface area is 101 Å². The van der Waals surface area contributed by atoms with Crippen molar-refractivity contribution in [3.8, 4) is 0 Å². The SMILES string of the molecule is CNC(=O)c1ccc(NC2CCCCC2)nn1. The lowest BCUT2D eigenvalue weighted by molar-refractivity contribution is 0.0957. The second-order valence-corrected chi connectivity index (χ2v) is 4.36. The van der Waals surface area contributed by atoms with Crippen molar-refractivity contribution in [2.24, 2.45) is 0 Å². The van der Waals surface area contributed by atoms with Crippen molar-refractivity contribution >= 4 is 11.7 Å². The molecule has 1 aromatic rings. The quantitative estimate of drug-likeness (QED) is 0.833. The number of nitrogens with one attached hydrogen (secondary N) is 2. The lowest BCUT2D eigenvalue weighted by atomic mass is 9.95. The highest BCUT2D eigenvalue weighted by atomic mass is 16.1. The van der Waals surface area contributed by atoms with Crippen LogP contribution in [0.15, 0.2) is 12.1 Å². The van der Waals surface area contributed by atoms with Crippen LogP contribution in [0, 0.1) is 0 Å². The molecule has 92 valence electrons. The number of rotatable bonds is 3. The highest BCUT2D eigenvalue weighted by Gasteiger charge is 2.14. The van der Waals surface area contributed by atoms with Crippen LogP contribution in [0.2, 0.25) is 0 Å². The van der Waals surface area contributed by atoms with E-state index in [1.54, 1.807) is 13.1 Å². The Bertz CT molecular complexity index is 371. The van der Waals surface area contributed by atoms with Crippen molar-refractivity contribution in [1.82, 2.24) is 15.5 Å². The molecule has 5 nitrogen and oxygen atoms in total. The average Bonchev–Trinajstić information content (AvgIpc) is 2.40. The maximum atomic E-state index is 11.3. The fraction of sp³-hybridized carbons (Fsp3) is 0.583. The molecule has 0 aliphatic heterocycles. The Morgan fingerprint density at radius 3 is 2.59 bits per heavy atom. The minimum atomic E-state index is -0.207. The van der Waals surface area contributed by atoms with E-state index in [1.165, 1.54) is 32.1 Å². The van der Waals surface area contributed by atoms with E-state index in [0.29, 0.717) is 11.7 Å². The maximum absolute atomic E-state index is 11.3. The first-order valence-corrected chi connectivity index (χ1v) is 6.12. The first-order valence-electron chi connectivity index (χ1n) is 6.12. The van der Waals surface area contributed by atoms with E-state index in [-0.39, 0.29) is 5.91 Å². The Morgan fingerprint density at radius 1 is 1.24 bits per heavy atom. The van der Waals surface area contributed by atoms with E-state index in [1.807, 2.05) is 6.07 Å². The van der Waals surface area contributed by atoms with Crippen molar-refractivity contribution in [2.45, 2.75) is 38.1 Å². The number of carbonyl (C=O) groups excluding carboxylic acids is 1. The summed E-state index contributed by atoms with van der Waals surface area (Å²) in [6.07, 6.45) is 6.28. The third-order valence-corrected chi connectivity index (χ3v) is 3.08. The molecular weight excluding hydrogens is 216 g/mol. The number of carbonyl (C=O) groups is 1. The fourth-order valence-electron chi connectivity index (χ4n) is 2.11. The van der Waals surface area contributed by atoms with E-state index < -0.39 is 0 Å². The van der Waals surface area contributed by atoms with E-state index in [9.17, 15) is 4.79 Å². The molecule has 1 aliphatic carbocycles. The fourth-order valence-corrected chi connectivity index (χ4v) is 2.11. The van der Waals surface area contributed by atoms with Crippen molar-refractivity contribution in [3.63, 3.8) is 0 Å². The number of hydrogen-bond acceptors (Lipinski definition) is 4. The van der Waals surface area contributed by atoms with Crippen molar-refractivity contribution in [3.05, 3.63) is 17.8 Å². The van der Waals surface area contributed by atoms with Crippen LogP contribution in [0.1, 0.15) is 42.6 Å². The number of anilines is 1. The molecule has 2 rings (SSSR count). The zero-order valence-electron chi connectivity index (χ0n) is 10.1. The standard InChI is InChI=1S/C12H18N4O/c1-13-12(17)10-7-8-11(16-15-10)14-9-5-3-2-4-6-9/h7-9H,2-6H2,1H3,(H,13,17)(H,14,16). The second-order valence-electron chi connectivity index (χ2n) is 4.36. The zero-order valence-corrected chi connectivity index (χ0v) is 10.1. The van der Waals surface area contributed by atoms with Crippen molar-refractivity contribution < 1.29 is 4.79 Å². The summed E-state index contributed by atoms with van der Waals surface area (Å²) in [4.78, 5) is 11.3. The van der Waals surface area contributed by atoms with Crippen LogP contribution in [0.5, 0.6) is 0 Å². The minimum Gasteiger partial charge on any atom is -0.366 e. The molecule has 2 N–H and O–H groups in total. The third-order valence-electron chi connectivity index (χ3n) is 3.08. The molecule has 0 aromatic carbocycles. The highest BCUT2D eigenvalue weighted by molar-refractivity contribution is 5.91. The zero-order chi connectivity index (χ0) is 12.1. The van der Waals surface area contributed by atoms with Crippen LogP contribution in [0.3, 0.4) is 0 Å². The molecule has 1 fully saturated rings. The summed E-state index contributed by atoms with van der Waals surface area (Å²) in [6.45, 7) is 0. The van der Waals surface area contributed by atoms with E-state index in [0.717, 1.165) is 5.82 Å². The van der Waals surface area contributed by atoms with E-state index in [2.05, 4.69) is 20.8 Å². The Balaban J connectivity index is 1.95. The number of aromatic nitrogens is 2. The molecule has 0 unspecified atom stereocenters. The van der Waals surface area contributed by atoms with Gasteiger partial charge < -0.3 is 10.6 Å². The summed E-state index contributed by atoms with van der Waals surface area (Å²) in [7, 11) is 1.58. The highest BCUT2D eigenvalue weighted by Crippen LogP contribution is 2.20. The molecule has 0 saturated heterocycles. The molecule has 0 spiro atoms. The van der Waals surface area contributed by atoms with E-state index >= 15 is 0 Å². The third kappa shape index (κ3) is 3.15. The normalized spacial score (nSPS) is 16.5. The molecule has 0 radical (unpaired) electrons. The molecule has 1 aromatic heterocycles. The number of hydrogen-bond donors (Lipinski definition) is 2. The maximum Gasteiger partial charge on any atom is 0.271 e. The van der Waals surface area contributed by atoms with E-state index in [4.69, 9.17) is 0 Å². The lowest BCUT2D eigenvalue weighted by Crippen LogP contribution is -2.24. The van der Waals surface area contributed by atoms with Crippen LogP contribution in [-0.4, -0.2) is 29.2 Å². The predicted molar refractivity (Wildman–Crippen MR) is 65.9 cm³/mol. The van der Waals surface area contributed by atoms with Gasteiger partial charge in [-0.3, -0.25) is 4.79 Å².